The van der Waals surface area contributed by atoms with Crippen molar-refractivity contribution in [3.8, 4) is 0 Å². The van der Waals surface area contributed by atoms with Gasteiger partial charge >= 0.3 is 0 Å². The Hall–Kier alpha value is -0.900. The van der Waals surface area contributed by atoms with Gasteiger partial charge in [-0.25, -0.2) is 0 Å². The predicted molar refractivity (Wildman–Crippen MR) is 54.8 cm³/mol. The molecule has 0 bridgehead atoms. The van der Waals surface area contributed by atoms with E-state index in [1.807, 2.05) is 13.8 Å². The Labute approximate surface area is 84.9 Å². The van der Waals surface area contributed by atoms with Crippen LogP contribution >= 0.6 is 0 Å². The summed E-state index contributed by atoms with van der Waals surface area (Å²) in [6.07, 6.45) is 1.02. The maximum Gasteiger partial charge on any atom is 0.229 e. The van der Waals surface area contributed by atoms with E-state index in [4.69, 9.17) is 10.3 Å². The van der Waals surface area contributed by atoms with Crippen LogP contribution in [0.25, 0.3) is 0 Å². The highest BCUT2D eigenvalue weighted by molar-refractivity contribution is 4.96. The van der Waals surface area contributed by atoms with Crippen LogP contribution in [-0.4, -0.2) is 10.1 Å². The van der Waals surface area contributed by atoms with Gasteiger partial charge in [0.25, 0.3) is 0 Å². The lowest BCUT2D eigenvalue weighted by molar-refractivity contribution is 0.349. The minimum Gasteiger partial charge on any atom is -0.339 e. The molecular weight excluding hydrogens is 178 g/mol. The van der Waals surface area contributed by atoms with Gasteiger partial charge in [-0.3, -0.25) is 0 Å². The van der Waals surface area contributed by atoms with Gasteiger partial charge in [0.05, 0.1) is 6.04 Å². The first-order valence-corrected chi connectivity index (χ1v) is 5.15. The molecule has 1 aromatic rings. The van der Waals surface area contributed by atoms with E-state index in [0.29, 0.717) is 17.6 Å². The number of hydrogen-bond donors (Lipinski definition) is 1. The van der Waals surface area contributed by atoms with Crippen LogP contribution in [-0.2, 0) is 0 Å². The van der Waals surface area contributed by atoms with E-state index in [2.05, 4.69) is 24.0 Å². The van der Waals surface area contributed by atoms with Crippen molar-refractivity contribution in [2.75, 3.05) is 0 Å². The molecule has 0 saturated carbocycles. The molecule has 0 aromatic carbocycles. The molecule has 0 amide bonds. The van der Waals surface area contributed by atoms with Gasteiger partial charge in [0.1, 0.15) is 0 Å². The standard InChI is InChI=1S/C10H19N3O/c1-5-7(4)8(11)9-12-10(6(2)3)14-13-9/h6-8H,5,11H2,1-4H3. The fourth-order valence-electron chi connectivity index (χ4n) is 1.13. The molecule has 2 unspecified atom stereocenters. The molecule has 4 heteroatoms. The summed E-state index contributed by atoms with van der Waals surface area (Å²) < 4.78 is 5.10. The fraction of sp³-hybridized carbons (Fsp3) is 0.800. The Kier molecular flexibility index (Phi) is 3.63. The summed E-state index contributed by atoms with van der Waals surface area (Å²) in [4.78, 5) is 4.28. The molecule has 1 rings (SSSR count). The number of nitrogens with zero attached hydrogens (tertiary/aromatic N) is 2. The Morgan fingerprint density at radius 2 is 2.00 bits per heavy atom. The molecule has 0 aliphatic rings. The number of aromatic nitrogens is 2. The first-order valence-electron chi connectivity index (χ1n) is 5.15. The predicted octanol–water partition coefficient (Wildman–Crippen LogP) is 2.24. The number of hydrogen-bond acceptors (Lipinski definition) is 4. The molecule has 2 N–H and O–H groups in total. The van der Waals surface area contributed by atoms with Crippen LogP contribution in [0.15, 0.2) is 4.52 Å². The zero-order valence-electron chi connectivity index (χ0n) is 9.32. The zero-order chi connectivity index (χ0) is 10.7. The van der Waals surface area contributed by atoms with E-state index in [-0.39, 0.29) is 12.0 Å². The average molecular weight is 197 g/mol. The summed E-state index contributed by atoms with van der Waals surface area (Å²) in [5.41, 5.74) is 5.98. The van der Waals surface area contributed by atoms with Gasteiger partial charge in [-0.15, -0.1) is 0 Å². The maximum absolute atomic E-state index is 5.98. The first-order chi connectivity index (χ1) is 6.56. The second-order valence-corrected chi connectivity index (χ2v) is 4.06. The van der Waals surface area contributed by atoms with Gasteiger partial charge in [0.2, 0.25) is 5.89 Å². The lowest BCUT2D eigenvalue weighted by Crippen LogP contribution is -2.19. The Morgan fingerprint density at radius 1 is 1.36 bits per heavy atom. The van der Waals surface area contributed by atoms with Crippen molar-refractivity contribution in [3.63, 3.8) is 0 Å². The van der Waals surface area contributed by atoms with Gasteiger partial charge in [0.15, 0.2) is 5.82 Å². The topological polar surface area (TPSA) is 64.9 Å². The monoisotopic (exact) mass is 197 g/mol. The molecule has 2 atom stereocenters. The smallest absolute Gasteiger partial charge is 0.229 e. The molecule has 0 fully saturated rings. The molecule has 0 aliphatic carbocycles. The molecule has 0 spiro atoms. The van der Waals surface area contributed by atoms with Gasteiger partial charge in [-0.05, 0) is 5.92 Å². The van der Waals surface area contributed by atoms with Crippen molar-refractivity contribution in [1.29, 1.82) is 0 Å². The van der Waals surface area contributed by atoms with Crippen LogP contribution in [0.4, 0.5) is 0 Å². The highest BCUT2D eigenvalue weighted by Gasteiger charge is 2.20. The highest BCUT2D eigenvalue weighted by atomic mass is 16.5. The summed E-state index contributed by atoms with van der Waals surface area (Å²) in [5, 5.41) is 3.90. The zero-order valence-corrected chi connectivity index (χ0v) is 9.32. The second-order valence-electron chi connectivity index (χ2n) is 4.06. The van der Waals surface area contributed by atoms with Gasteiger partial charge in [-0.2, -0.15) is 4.98 Å². The summed E-state index contributed by atoms with van der Waals surface area (Å²) in [6, 6.07) is -0.115. The second kappa shape index (κ2) is 4.55. The first kappa shape index (κ1) is 11.2. The number of nitrogens with two attached hydrogens (primary N) is 1. The molecule has 0 radical (unpaired) electrons. The van der Waals surface area contributed by atoms with E-state index in [0.717, 1.165) is 6.42 Å². The summed E-state index contributed by atoms with van der Waals surface area (Å²) in [6.45, 7) is 8.24. The fourth-order valence-corrected chi connectivity index (χ4v) is 1.13. The van der Waals surface area contributed by atoms with Crippen LogP contribution < -0.4 is 5.73 Å². The Morgan fingerprint density at radius 3 is 2.43 bits per heavy atom. The van der Waals surface area contributed by atoms with Crippen LogP contribution in [0, 0.1) is 5.92 Å². The van der Waals surface area contributed by atoms with Crippen molar-refractivity contribution in [3.05, 3.63) is 11.7 Å². The van der Waals surface area contributed by atoms with Crippen LogP contribution in [0.3, 0.4) is 0 Å². The minimum atomic E-state index is -0.115. The molecule has 0 aliphatic heterocycles. The number of rotatable bonds is 4. The van der Waals surface area contributed by atoms with Crippen molar-refractivity contribution >= 4 is 0 Å². The third kappa shape index (κ3) is 2.32. The van der Waals surface area contributed by atoms with Gasteiger partial charge in [-0.1, -0.05) is 39.3 Å². The lowest BCUT2D eigenvalue weighted by atomic mass is 10.00. The average Bonchev–Trinajstić information content (AvgIpc) is 2.64. The van der Waals surface area contributed by atoms with Crippen molar-refractivity contribution in [2.24, 2.45) is 11.7 Å². The van der Waals surface area contributed by atoms with E-state index in [1.165, 1.54) is 0 Å². The molecule has 14 heavy (non-hydrogen) atoms. The molecule has 80 valence electrons. The van der Waals surface area contributed by atoms with Crippen molar-refractivity contribution < 1.29 is 4.52 Å². The molecule has 4 nitrogen and oxygen atoms in total. The normalized spacial score (nSPS) is 15.9. The molecule has 1 heterocycles. The van der Waals surface area contributed by atoms with Crippen LogP contribution in [0.2, 0.25) is 0 Å². The third-order valence-electron chi connectivity index (χ3n) is 2.51. The largest absolute Gasteiger partial charge is 0.339 e. The minimum absolute atomic E-state index is 0.115. The quantitative estimate of drug-likeness (QED) is 0.803. The molecular formula is C10H19N3O. The lowest BCUT2D eigenvalue weighted by Gasteiger charge is -2.13. The van der Waals surface area contributed by atoms with Crippen molar-refractivity contribution in [1.82, 2.24) is 10.1 Å². The third-order valence-corrected chi connectivity index (χ3v) is 2.51. The SMILES string of the molecule is CCC(C)C(N)c1noc(C(C)C)n1. The highest BCUT2D eigenvalue weighted by Crippen LogP contribution is 2.20. The Balaban J connectivity index is 2.76. The van der Waals surface area contributed by atoms with E-state index < -0.39 is 0 Å². The Bertz CT molecular complexity index is 283. The molecule has 1 aromatic heterocycles. The molecule has 0 saturated heterocycles. The van der Waals surface area contributed by atoms with E-state index in [9.17, 15) is 0 Å². The van der Waals surface area contributed by atoms with E-state index >= 15 is 0 Å². The summed E-state index contributed by atoms with van der Waals surface area (Å²) in [7, 11) is 0. The van der Waals surface area contributed by atoms with Crippen LogP contribution in [0.5, 0.6) is 0 Å². The van der Waals surface area contributed by atoms with Gasteiger partial charge < -0.3 is 10.3 Å². The van der Waals surface area contributed by atoms with E-state index in [1.54, 1.807) is 0 Å². The summed E-state index contributed by atoms with van der Waals surface area (Å²) >= 11 is 0. The van der Waals surface area contributed by atoms with Gasteiger partial charge in [0, 0.05) is 5.92 Å². The summed E-state index contributed by atoms with van der Waals surface area (Å²) in [5.74, 6) is 1.94. The van der Waals surface area contributed by atoms with Crippen LogP contribution in [0.1, 0.15) is 57.8 Å². The maximum atomic E-state index is 5.98. The van der Waals surface area contributed by atoms with Crippen molar-refractivity contribution in [2.45, 2.75) is 46.1 Å².